The van der Waals surface area contributed by atoms with Crippen molar-refractivity contribution in [1.82, 2.24) is 9.80 Å². The molecule has 2 aliphatic rings. The molecule has 0 radical (unpaired) electrons. The number of aliphatic hydroxyl groups is 1. The molecule has 0 unspecified atom stereocenters. The average Bonchev–Trinajstić information content (AvgIpc) is 3.10. The number of hydrogen-bond acceptors (Lipinski definition) is 7. The number of β-amino-alcohol motifs (C(OH)–C–C–N with tert-alkyl or cyclic N) is 1. The van der Waals surface area contributed by atoms with Crippen LogP contribution in [0.1, 0.15) is 34.0 Å². The lowest BCUT2D eigenvalue weighted by atomic mass is 9.99. The summed E-state index contributed by atoms with van der Waals surface area (Å²) in [5, 5.41) is 19.8. The highest BCUT2D eigenvalue weighted by Crippen LogP contribution is 2.42. The Kier molecular flexibility index (Phi) is 6.79. The maximum Gasteiger partial charge on any atom is 0.232 e. The Bertz CT molecular complexity index is 1010. The van der Waals surface area contributed by atoms with E-state index in [1.807, 2.05) is 38.1 Å². The van der Waals surface area contributed by atoms with Crippen molar-refractivity contribution in [2.24, 2.45) is 0 Å². The van der Waals surface area contributed by atoms with Crippen molar-refractivity contribution in [1.29, 1.82) is 0 Å². The van der Waals surface area contributed by atoms with Gasteiger partial charge in [-0.15, -0.1) is 0 Å². The first-order valence-electron chi connectivity index (χ1n) is 11.1. The Balaban J connectivity index is 1.56. The van der Waals surface area contributed by atoms with E-state index in [4.69, 9.17) is 14.6 Å². The van der Waals surface area contributed by atoms with Crippen LogP contribution in [0.25, 0.3) is 6.08 Å². The van der Waals surface area contributed by atoms with E-state index < -0.39 is 0 Å². The van der Waals surface area contributed by atoms with Gasteiger partial charge in [0.15, 0.2) is 5.76 Å². The first kappa shape index (κ1) is 22.3. The van der Waals surface area contributed by atoms with Crippen LogP contribution < -0.4 is 9.47 Å². The molecule has 2 N–H and O–H groups in total. The average molecular weight is 439 g/mol. The maximum atomic E-state index is 13.1. The number of aromatic hydroxyl groups is 1. The zero-order valence-corrected chi connectivity index (χ0v) is 18.6. The van der Waals surface area contributed by atoms with Crippen LogP contribution in [0.2, 0.25) is 0 Å². The molecule has 2 aromatic rings. The third-order valence-corrected chi connectivity index (χ3v) is 5.97. The van der Waals surface area contributed by atoms with Crippen LogP contribution >= 0.6 is 0 Å². The Morgan fingerprint density at radius 1 is 1.12 bits per heavy atom. The lowest BCUT2D eigenvalue weighted by molar-refractivity contribution is 0.101. The molecular weight excluding hydrogens is 408 g/mol. The molecule has 2 aromatic carbocycles. The molecule has 0 amide bonds. The van der Waals surface area contributed by atoms with Crippen LogP contribution in [-0.2, 0) is 6.54 Å². The molecule has 0 aliphatic carbocycles. The minimum atomic E-state index is -0.166. The van der Waals surface area contributed by atoms with Gasteiger partial charge in [0.05, 0.1) is 24.3 Å². The molecule has 0 spiro atoms. The fraction of sp³-hybridized carbons (Fsp3) is 0.400. The summed E-state index contributed by atoms with van der Waals surface area (Å²) in [6.07, 6.45) is 1.73. The van der Waals surface area contributed by atoms with Crippen molar-refractivity contribution >= 4 is 11.9 Å². The molecule has 0 atom stereocenters. The number of Topliss-reactive ketones (excluding diaryl/α,β-unsaturated/α-hetero) is 1. The van der Waals surface area contributed by atoms with Crippen LogP contribution in [0.5, 0.6) is 17.2 Å². The van der Waals surface area contributed by atoms with E-state index in [0.29, 0.717) is 42.1 Å². The fourth-order valence-corrected chi connectivity index (χ4v) is 4.25. The number of carbonyl (C=O) groups is 1. The minimum absolute atomic E-state index is 0.147. The number of aliphatic hydroxyl groups excluding tert-OH is 1. The van der Waals surface area contributed by atoms with Crippen molar-refractivity contribution < 1.29 is 24.5 Å². The summed E-state index contributed by atoms with van der Waals surface area (Å²) in [7, 11) is 0. The zero-order chi connectivity index (χ0) is 22.7. The van der Waals surface area contributed by atoms with Crippen LogP contribution in [0, 0.1) is 6.92 Å². The van der Waals surface area contributed by atoms with Crippen molar-refractivity contribution in [3.63, 3.8) is 0 Å². The van der Waals surface area contributed by atoms with Gasteiger partial charge in [-0.2, -0.15) is 0 Å². The molecule has 1 saturated heterocycles. The number of fused-ring (bicyclic) bond motifs is 1. The summed E-state index contributed by atoms with van der Waals surface area (Å²) >= 11 is 0. The Morgan fingerprint density at radius 2 is 1.81 bits per heavy atom. The van der Waals surface area contributed by atoms with Gasteiger partial charge >= 0.3 is 0 Å². The van der Waals surface area contributed by atoms with Gasteiger partial charge in [-0.1, -0.05) is 12.1 Å². The molecule has 0 aromatic heterocycles. The Labute approximate surface area is 188 Å². The number of phenols is 1. The lowest BCUT2D eigenvalue weighted by Gasteiger charge is -2.34. The molecule has 32 heavy (non-hydrogen) atoms. The van der Waals surface area contributed by atoms with Crippen molar-refractivity contribution in [2.75, 3.05) is 45.9 Å². The number of aryl methyl sites for hydroxylation is 1. The molecule has 1 fully saturated rings. The summed E-state index contributed by atoms with van der Waals surface area (Å²) in [6.45, 7) is 9.05. The summed E-state index contributed by atoms with van der Waals surface area (Å²) in [5.74, 6) is 1.47. The van der Waals surface area contributed by atoms with Gasteiger partial charge in [-0.25, -0.2) is 0 Å². The van der Waals surface area contributed by atoms with Gasteiger partial charge in [0.1, 0.15) is 17.2 Å². The number of ketones is 1. The van der Waals surface area contributed by atoms with Gasteiger partial charge < -0.3 is 19.7 Å². The van der Waals surface area contributed by atoms with Crippen molar-refractivity contribution in [2.45, 2.75) is 20.4 Å². The molecule has 2 heterocycles. The highest BCUT2D eigenvalue weighted by molar-refractivity contribution is 6.15. The van der Waals surface area contributed by atoms with Crippen LogP contribution in [0.3, 0.4) is 0 Å². The number of rotatable bonds is 7. The van der Waals surface area contributed by atoms with Crippen LogP contribution in [0.4, 0.5) is 0 Å². The van der Waals surface area contributed by atoms with E-state index in [0.717, 1.165) is 37.5 Å². The molecule has 7 heteroatoms. The zero-order valence-electron chi connectivity index (χ0n) is 18.6. The van der Waals surface area contributed by atoms with Gasteiger partial charge in [0.25, 0.3) is 0 Å². The molecule has 4 rings (SSSR count). The number of allylic oxidation sites excluding steroid dienone is 1. The van der Waals surface area contributed by atoms with E-state index >= 15 is 0 Å². The summed E-state index contributed by atoms with van der Waals surface area (Å²) in [5.41, 5.74) is 2.71. The highest BCUT2D eigenvalue weighted by atomic mass is 16.5. The van der Waals surface area contributed by atoms with Crippen LogP contribution in [-0.4, -0.2) is 71.7 Å². The Hall–Kier alpha value is -2.87. The number of hydrogen-bond donors (Lipinski definition) is 2. The van der Waals surface area contributed by atoms with E-state index in [1.54, 1.807) is 12.1 Å². The van der Waals surface area contributed by atoms with Gasteiger partial charge in [-0.3, -0.25) is 14.6 Å². The predicted molar refractivity (Wildman–Crippen MR) is 122 cm³/mol. The quantitative estimate of drug-likeness (QED) is 0.644. The summed E-state index contributed by atoms with van der Waals surface area (Å²) < 4.78 is 11.5. The summed E-state index contributed by atoms with van der Waals surface area (Å²) in [4.78, 5) is 17.6. The number of phenolic OH excluding ortho intramolecular Hbond substituents is 1. The lowest BCUT2D eigenvalue weighted by Crippen LogP contribution is -2.46. The number of piperazine rings is 1. The summed E-state index contributed by atoms with van der Waals surface area (Å²) in [6, 6.07) is 9.14. The minimum Gasteiger partial charge on any atom is -0.507 e. The fourth-order valence-electron chi connectivity index (χ4n) is 4.25. The molecule has 7 nitrogen and oxygen atoms in total. The molecule has 0 bridgehead atoms. The molecular formula is C25H30N2O5. The van der Waals surface area contributed by atoms with E-state index in [2.05, 4.69) is 9.80 Å². The third-order valence-electron chi connectivity index (χ3n) is 5.97. The van der Waals surface area contributed by atoms with Gasteiger partial charge in [-0.05, 0) is 49.2 Å². The first-order chi connectivity index (χ1) is 15.5. The topological polar surface area (TPSA) is 82.5 Å². The SMILES string of the molecule is CCOc1ccc(/C=C2\Oc3c(CN4CCN(CCO)CC4)c(O)cc(C)c3C2=O)cc1. The maximum absolute atomic E-state index is 13.1. The van der Waals surface area contributed by atoms with E-state index in [1.165, 1.54) is 0 Å². The standard InChI is InChI=1S/C25H30N2O5/c1-3-31-19-6-4-18(5-7-19)15-22-24(30)23-17(2)14-21(29)20(25(23)32-22)16-27-10-8-26(9-11-27)12-13-28/h4-7,14-15,28-29H,3,8-13,16H2,1-2H3/b22-15-. The van der Waals surface area contributed by atoms with Crippen molar-refractivity contribution in [3.8, 4) is 17.2 Å². The monoisotopic (exact) mass is 438 g/mol. The number of nitrogens with zero attached hydrogens (tertiary/aromatic N) is 2. The second-order valence-electron chi connectivity index (χ2n) is 8.18. The second kappa shape index (κ2) is 9.73. The van der Waals surface area contributed by atoms with Crippen LogP contribution in [0.15, 0.2) is 36.1 Å². The van der Waals surface area contributed by atoms with E-state index in [9.17, 15) is 9.90 Å². The van der Waals surface area contributed by atoms with Gasteiger partial charge in [0, 0.05) is 39.3 Å². The molecule has 170 valence electrons. The normalized spacial score (nSPS) is 18.1. The van der Waals surface area contributed by atoms with Gasteiger partial charge in [0.2, 0.25) is 5.78 Å². The number of benzene rings is 2. The number of carbonyl (C=O) groups excluding carboxylic acids is 1. The highest BCUT2D eigenvalue weighted by Gasteiger charge is 2.34. The predicted octanol–water partition coefficient (Wildman–Crippen LogP) is 2.83. The third kappa shape index (κ3) is 4.65. The Morgan fingerprint density at radius 3 is 2.47 bits per heavy atom. The molecule has 2 aliphatic heterocycles. The smallest absolute Gasteiger partial charge is 0.232 e. The molecule has 0 saturated carbocycles. The van der Waals surface area contributed by atoms with Crippen molar-refractivity contribution in [3.05, 3.63) is 58.3 Å². The van der Waals surface area contributed by atoms with E-state index in [-0.39, 0.29) is 23.9 Å². The largest absolute Gasteiger partial charge is 0.507 e. The number of ether oxygens (including phenoxy) is 2. The first-order valence-corrected chi connectivity index (χ1v) is 11.1. The second-order valence-corrected chi connectivity index (χ2v) is 8.18.